The first-order chi connectivity index (χ1) is 9.04. The summed E-state index contributed by atoms with van der Waals surface area (Å²) in [4.78, 5) is 12.0. The van der Waals surface area contributed by atoms with Gasteiger partial charge in [0.15, 0.2) is 0 Å². The summed E-state index contributed by atoms with van der Waals surface area (Å²) in [7, 11) is 0. The van der Waals surface area contributed by atoms with Crippen LogP contribution in [-0.4, -0.2) is 30.2 Å². The molecule has 1 aromatic heterocycles. The number of amides is 1. The molecule has 106 valence electrons. The summed E-state index contributed by atoms with van der Waals surface area (Å²) in [5.74, 6) is -0.121. The Labute approximate surface area is 114 Å². The molecular formula is C14H23N3O2. The lowest BCUT2D eigenvalue weighted by atomic mass is 10.3. The summed E-state index contributed by atoms with van der Waals surface area (Å²) in [5, 5.41) is 2.81. The number of hydrogen-bond donors (Lipinski definition) is 2. The van der Waals surface area contributed by atoms with E-state index in [0.29, 0.717) is 31.1 Å². The van der Waals surface area contributed by atoms with Crippen LogP contribution in [0.1, 0.15) is 30.8 Å². The maximum absolute atomic E-state index is 12.0. The first kappa shape index (κ1) is 15.3. The average Bonchev–Trinajstić information content (AvgIpc) is 2.70. The second kappa shape index (κ2) is 7.63. The summed E-state index contributed by atoms with van der Waals surface area (Å²) in [6.45, 7) is 9.96. The van der Waals surface area contributed by atoms with Gasteiger partial charge in [0.1, 0.15) is 5.69 Å². The van der Waals surface area contributed by atoms with Crippen LogP contribution in [0.15, 0.2) is 24.4 Å². The Balaban J connectivity index is 2.42. The number of rotatable bonds is 8. The number of carbonyl (C=O) groups excluding carboxylic acids is 1. The van der Waals surface area contributed by atoms with E-state index in [1.54, 1.807) is 12.3 Å². The van der Waals surface area contributed by atoms with E-state index in [1.165, 1.54) is 0 Å². The lowest BCUT2D eigenvalue weighted by Crippen LogP contribution is -2.29. The van der Waals surface area contributed by atoms with E-state index >= 15 is 0 Å². The minimum Gasteiger partial charge on any atom is -0.397 e. The molecule has 1 rings (SSSR count). The lowest BCUT2D eigenvalue weighted by Gasteiger charge is -2.09. The number of anilines is 1. The quantitative estimate of drug-likeness (QED) is 0.556. The van der Waals surface area contributed by atoms with Crippen LogP contribution in [0.2, 0.25) is 0 Å². The Morgan fingerprint density at radius 3 is 2.95 bits per heavy atom. The van der Waals surface area contributed by atoms with Crippen LogP contribution in [-0.2, 0) is 11.3 Å². The topological polar surface area (TPSA) is 69.3 Å². The van der Waals surface area contributed by atoms with Crippen molar-refractivity contribution in [2.75, 3.05) is 25.5 Å². The molecule has 5 nitrogen and oxygen atoms in total. The van der Waals surface area contributed by atoms with Crippen LogP contribution < -0.4 is 11.1 Å². The normalized spacial score (nSPS) is 10.4. The van der Waals surface area contributed by atoms with Crippen molar-refractivity contribution < 1.29 is 9.53 Å². The molecule has 0 aliphatic carbocycles. The van der Waals surface area contributed by atoms with Gasteiger partial charge < -0.3 is 20.4 Å². The number of hydrogen-bond acceptors (Lipinski definition) is 3. The number of nitrogens with two attached hydrogens (primary N) is 1. The van der Waals surface area contributed by atoms with Gasteiger partial charge in [0.2, 0.25) is 0 Å². The molecule has 19 heavy (non-hydrogen) atoms. The molecule has 0 aromatic carbocycles. The third kappa shape index (κ3) is 5.18. The molecule has 0 bridgehead atoms. The maximum Gasteiger partial charge on any atom is 0.268 e. The Hall–Kier alpha value is -1.75. The first-order valence-corrected chi connectivity index (χ1v) is 6.50. The van der Waals surface area contributed by atoms with Gasteiger partial charge in [0, 0.05) is 19.3 Å². The molecule has 0 aliphatic rings. The van der Waals surface area contributed by atoms with Crippen molar-refractivity contribution >= 4 is 11.6 Å². The van der Waals surface area contributed by atoms with Crippen molar-refractivity contribution in [2.24, 2.45) is 0 Å². The standard InChI is InChI=1S/C14H23N3O2/c1-4-6-17-9-12(15)8-13(17)14(18)16-5-7-19-10-11(2)3/h8-9H,2,4-7,10,15H2,1,3H3,(H,16,18). The van der Waals surface area contributed by atoms with Crippen LogP contribution in [0.5, 0.6) is 0 Å². The van der Waals surface area contributed by atoms with Crippen LogP contribution in [0.25, 0.3) is 0 Å². The fraction of sp³-hybridized carbons (Fsp3) is 0.500. The van der Waals surface area contributed by atoms with Crippen molar-refractivity contribution in [1.82, 2.24) is 9.88 Å². The Kier molecular flexibility index (Phi) is 6.15. The van der Waals surface area contributed by atoms with E-state index in [2.05, 4.69) is 18.8 Å². The Bertz CT molecular complexity index is 438. The van der Waals surface area contributed by atoms with Crippen LogP contribution >= 0.6 is 0 Å². The number of aromatic nitrogens is 1. The number of nitrogens with zero attached hydrogens (tertiary/aromatic N) is 1. The zero-order valence-corrected chi connectivity index (χ0v) is 11.7. The summed E-state index contributed by atoms with van der Waals surface area (Å²) in [6.07, 6.45) is 2.74. The van der Waals surface area contributed by atoms with E-state index < -0.39 is 0 Å². The van der Waals surface area contributed by atoms with Crippen LogP contribution in [0.3, 0.4) is 0 Å². The van der Waals surface area contributed by atoms with Gasteiger partial charge in [-0.25, -0.2) is 0 Å². The molecule has 0 aliphatic heterocycles. The monoisotopic (exact) mass is 265 g/mol. The third-order valence-corrected chi connectivity index (χ3v) is 2.50. The molecular weight excluding hydrogens is 242 g/mol. The van der Waals surface area contributed by atoms with E-state index in [1.807, 2.05) is 11.5 Å². The summed E-state index contributed by atoms with van der Waals surface area (Å²) >= 11 is 0. The molecule has 1 heterocycles. The number of nitrogen functional groups attached to an aromatic ring is 1. The van der Waals surface area contributed by atoms with Crippen LogP contribution in [0.4, 0.5) is 5.69 Å². The number of carbonyl (C=O) groups is 1. The minimum atomic E-state index is -0.121. The summed E-state index contributed by atoms with van der Waals surface area (Å²) in [5.41, 5.74) is 7.90. The highest BCUT2D eigenvalue weighted by atomic mass is 16.5. The smallest absolute Gasteiger partial charge is 0.268 e. The molecule has 3 N–H and O–H groups in total. The van der Waals surface area contributed by atoms with Crippen molar-refractivity contribution in [3.05, 3.63) is 30.1 Å². The zero-order chi connectivity index (χ0) is 14.3. The highest BCUT2D eigenvalue weighted by molar-refractivity contribution is 5.93. The molecule has 0 fully saturated rings. The largest absolute Gasteiger partial charge is 0.397 e. The molecule has 1 aromatic rings. The average molecular weight is 265 g/mol. The van der Waals surface area contributed by atoms with Gasteiger partial charge in [0.05, 0.1) is 18.9 Å². The number of aryl methyl sites for hydroxylation is 1. The molecule has 0 spiro atoms. The molecule has 0 radical (unpaired) electrons. The van der Waals surface area contributed by atoms with E-state index in [9.17, 15) is 4.79 Å². The Morgan fingerprint density at radius 1 is 1.58 bits per heavy atom. The van der Waals surface area contributed by atoms with Crippen molar-refractivity contribution in [3.63, 3.8) is 0 Å². The predicted octanol–water partition coefficient (Wildman–Crippen LogP) is 1.80. The van der Waals surface area contributed by atoms with Gasteiger partial charge in [-0.3, -0.25) is 4.79 Å². The van der Waals surface area contributed by atoms with E-state index in [4.69, 9.17) is 10.5 Å². The van der Waals surface area contributed by atoms with Crippen molar-refractivity contribution in [1.29, 1.82) is 0 Å². The highest BCUT2D eigenvalue weighted by Gasteiger charge is 2.11. The van der Waals surface area contributed by atoms with Gasteiger partial charge in [0.25, 0.3) is 5.91 Å². The number of ether oxygens (including phenoxy) is 1. The highest BCUT2D eigenvalue weighted by Crippen LogP contribution is 2.11. The second-order valence-corrected chi connectivity index (χ2v) is 4.62. The first-order valence-electron chi connectivity index (χ1n) is 6.50. The summed E-state index contributed by atoms with van der Waals surface area (Å²) < 4.78 is 7.19. The fourth-order valence-corrected chi connectivity index (χ4v) is 1.72. The molecule has 0 atom stereocenters. The van der Waals surface area contributed by atoms with Gasteiger partial charge >= 0.3 is 0 Å². The minimum absolute atomic E-state index is 0.121. The molecule has 0 saturated heterocycles. The SMILES string of the molecule is C=C(C)COCCNC(=O)c1cc(N)cn1CCC. The fourth-order valence-electron chi connectivity index (χ4n) is 1.72. The van der Waals surface area contributed by atoms with Crippen LogP contribution in [0, 0.1) is 0 Å². The lowest BCUT2D eigenvalue weighted by molar-refractivity contribution is 0.0917. The van der Waals surface area contributed by atoms with E-state index in [-0.39, 0.29) is 5.91 Å². The van der Waals surface area contributed by atoms with Gasteiger partial charge in [-0.2, -0.15) is 0 Å². The molecule has 5 heteroatoms. The van der Waals surface area contributed by atoms with Gasteiger partial charge in [-0.05, 0) is 19.4 Å². The molecule has 0 saturated carbocycles. The van der Waals surface area contributed by atoms with Gasteiger partial charge in [-0.1, -0.05) is 19.1 Å². The zero-order valence-electron chi connectivity index (χ0n) is 11.7. The molecule has 1 amide bonds. The maximum atomic E-state index is 12.0. The predicted molar refractivity (Wildman–Crippen MR) is 77.1 cm³/mol. The van der Waals surface area contributed by atoms with Crippen molar-refractivity contribution in [3.8, 4) is 0 Å². The van der Waals surface area contributed by atoms with Gasteiger partial charge in [-0.15, -0.1) is 0 Å². The third-order valence-electron chi connectivity index (χ3n) is 2.50. The number of nitrogens with one attached hydrogen (secondary N) is 1. The second-order valence-electron chi connectivity index (χ2n) is 4.62. The summed E-state index contributed by atoms with van der Waals surface area (Å²) in [6, 6.07) is 1.69. The molecule has 0 unspecified atom stereocenters. The Morgan fingerprint density at radius 2 is 2.32 bits per heavy atom. The van der Waals surface area contributed by atoms with E-state index in [0.717, 1.165) is 18.5 Å². The van der Waals surface area contributed by atoms with Crippen molar-refractivity contribution in [2.45, 2.75) is 26.8 Å².